The topological polar surface area (TPSA) is 83.3 Å². The molecule has 0 radical (unpaired) electrons. The summed E-state index contributed by atoms with van der Waals surface area (Å²) >= 11 is 0. The van der Waals surface area contributed by atoms with E-state index in [1.54, 1.807) is 7.05 Å². The van der Waals surface area contributed by atoms with E-state index >= 15 is 0 Å². The fourth-order valence-electron chi connectivity index (χ4n) is 3.22. The average Bonchev–Trinajstić information content (AvgIpc) is 3.19. The maximum absolute atomic E-state index is 11.9. The smallest absolute Gasteiger partial charge is 0.221 e. The summed E-state index contributed by atoms with van der Waals surface area (Å²) in [7, 11) is 1.74. The number of aromatic nitrogens is 2. The minimum Gasteiger partial charge on any atom is -0.356 e. The van der Waals surface area contributed by atoms with Crippen molar-refractivity contribution >= 4 is 11.9 Å². The average molecular weight is 348 g/mol. The van der Waals surface area contributed by atoms with Crippen molar-refractivity contribution in [3.8, 4) is 0 Å². The number of carbonyl (C=O) groups is 1. The molecule has 0 atom stereocenters. The quantitative estimate of drug-likeness (QED) is 0.378. The van der Waals surface area contributed by atoms with Crippen LogP contribution in [0.4, 0.5) is 0 Å². The third-order valence-electron chi connectivity index (χ3n) is 4.53. The fraction of sp³-hybridized carbons (Fsp3) is 0.722. The highest BCUT2D eigenvalue weighted by Gasteiger charge is 2.16. The molecule has 1 heterocycles. The Bertz CT molecular complexity index is 574. The summed E-state index contributed by atoms with van der Waals surface area (Å²) in [6, 6.07) is 2.48. The van der Waals surface area contributed by atoms with E-state index in [2.05, 4.69) is 39.0 Å². The van der Waals surface area contributed by atoms with Gasteiger partial charge in [-0.15, -0.1) is 0 Å². The van der Waals surface area contributed by atoms with Crippen LogP contribution in [-0.2, 0) is 11.3 Å². The van der Waals surface area contributed by atoms with Crippen molar-refractivity contribution in [3.63, 3.8) is 0 Å². The van der Waals surface area contributed by atoms with Gasteiger partial charge < -0.3 is 16.0 Å². The van der Waals surface area contributed by atoms with Gasteiger partial charge >= 0.3 is 0 Å². The van der Waals surface area contributed by atoms with Crippen LogP contribution >= 0.6 is 0 Å². The Kier molecular flexibility index (Phi) is 7.76. The Morgan fingerprint density at radius 1 is 1.28 bits per heavy atom. The maximum Gasteiger partial charge on any atom is 0.221 e. The predicted molar refractivity (Wildman–Crippen MR) is 101 cm³/mol. The number of hydrogen-bond acceptors (Lipinski definition) is 3. The number of aryl methyl sites for hydroxylation is 3. The second kappa shape index (κ2) is 10.1. The van der Waals surface area contributed by atoms with E-state index in [0.29, 0.717) is 19.0 Å². The number of carbonyl (C=O) groups excluding carboxylic acids is 1. The van der Waals surface area contributed by atoms with Gasteiger partial charge in [-0.3, -0.25) is 14.5 Å². The lowest BCUT2D eigenvalue weighted by Gasteiger charge is -2.14. The fourth-order valence-corrected chi connectivity index (χ4v) is 3.22. The zero-order valence-electron chi connectivity index (χ0n) is 15.8. The number of nitrogens with one attached hydrogen (secondary N) is 3. The van der Waals surface area contributed by atoms with Gasteiger partial charge in [0.1, 0.15) is 0 Å². The normalized spacial score (nSPS) is 15.4. The number of guanidine groups is 1. The van der Waals surface area contributed by atoms with E-state index in [1.165, 1.54) is 18.5 Å². The molecule has 0 saturated heterocycles. The van der Waals surface area contributed by atoms with Gasteiger partial charge in [-0.05, 0) is 39.2 Å². The molecule has 1 aliphatic carbocycles. The zero-order chi connectivity index (χ0) is 18.1. The largest absolute Gasteiger partial charge is 0.356 e. The molecule has 0 aromatic carbocycles. The molecule has 1 fully saturated rings. The summed E-state index contributed by atoms with van der Waals surface area (Å²) in [6.07, 6.45) is 6.15. The lowest BCUT2D eigenvalue weighted by atomic mass is 10.2. The standard InChI is InChI=1S/C18H32N6O/c1-14-13-15(2)24(23-14)12-6-10-20-18(19-3)21-11-9-17(25)22-16-7-4-5-8-16/h13,16H,4-12H2,1-3H3,(H,22,25)(H2,19,20,21). The Balaban J connectivity index is 1.57. The van der Waals surface area contributed by atoms with Gasteiger partial charge in [-0.1, -0.05) is 12.8 Å². The van der Waals surface area contributed by atoms with Crippen molar-refractivity contribution in [1.82, 2.24) is 25.7 Å². The van der Waals surface area contributed by atoms with Crippen LogP contribution in [0.25, 0.3) is 0 Å². The first-order valence-corrected chi connectivity index (χ1v) is 9.33. The highest BCUT2D eigenvalue weighted by Crippen LogP contribution is 2.17. The molecule has 1 saturated carbocycles. The van der Waals surface area contributed by atoms with Gasteiger partial charge in [-0.2, -0.15) is 5.10 Å². The Morgan fingerprint density at radius 3 is 2.64 bits per heavy atom. The maximum atomic E-state index is 11.9. The summed E-state index contributed by atoms with van der Waals surface area (Å²) in [6.45, 7) is 6.37. The summed E-state index contributed by atoms with van der Waals surface area (Å²) in [4.78, 5) is 16.1. The highest BCUT2D eigenvalue weighted by atomic mass is 16.1. The zero-order valence-corrected chi connectivity index (χ0v) is 15.8. The summed E-state index contributed by atoms with van der Waals surface area (Å²) in [5.41, 5.74) is 2.24. The number of aliphatic imine (C=N–C) groups is 1. The summed E-state index contributed by atoms with van der Waals surface area (Å²) in [5, 5.41) is 14.0. The minimum atomic E-state index is 0.124. The molecule has 0 bridgehead atoms. The van der Waals surface area contributed by atoms with Crippen LogP contribution in [0.1, 0.15) is 49.9 Å². The second-order valence-corrected chi connectivity index (χ2v) is 6.73. The van der Waals surface area contributed by atoms with Crippen LogP contribution in [0, 0.1) is 13.8 Å². The van der Waals surface area contributed by atoms with E-state index < -0.39 is 0 Å². The van der Waals surface area contributed by atoms with Gasteiger partial charge in [0, 0.05) is 44.8 Å². The summed E-state index contributed by atoms with van der Waals surface area (Å²) < 4.78 is 2.03. The van der Waals surface area contributed by atoms with Crippen LogP contribution in [0.3, 0.4) is 0 Å². The molecule has 7 nitrogen and oxygen atoms in total. The molecule has 1 aromatic rings. The molecule has 7 heteroatoms. The van der Waals surface area contributed by atoms with Crippen molar-refractivity contribution < 1.29 is 4.79 Å². The molecule has 2 rings (SSSR count). The molecule has 1 amide bonds. The Hall–Kier alpha value is -2.05. The van der Waals surface area contributed by atoms with Crippen LogP contribution in [0.5, 0.6) is 0 Å². The predicted octanol–water partition coefficient (Wildman–Crippen LogP) is 1.50. The van der Waals surface area contributed by atoms with Crippen LogP contribution in [0.15, 0.2) is 11.1 Å². The van der Waals surface area contributed by atoms with Crippen LogP contribution in [-0.4, -0.2) is 47.8 Å². The van der Waals surface area contributed by atoms with Gasteiger partial charge in [0.05, 0.1) is 5.69 Å². The second-order valence-electron chi connectivity index (χ2n) is 6.73. The molecule has 140 valence electrons. The lowest BCUT2D eigenvalue weighted by Crippen LogP contribution is -2.40. The molecular formula is C18H32N6O. The third-order valence-corrected chi connectivity index (χ3v) is 4.53. The van der Waals surface area contributed by atoms with E-state index in [-0.39, 0.29) is 5.91 Å². The first-order chi connectivity index (χ1) is 12.1. The highest BCUT2D eigenvalue weighted by molar-refractivity contribution is 5.81. The van der Waals surface area contributed by atoms with Crippen LogP contribution in [0.2, 0.25) is 0 Å². The molecule has 0 aliphatic heterocycles. The first kappa shape index (κ1) is 19.3. The van der Waals surface area contributed by atoms with Gasteiger partial charge in [0.15, 0.2) is 5.96 Å². The first-order valence-electron chi connectivity index (χ1n) is 9.33. The van der Waals surface area contributed by atoms with Crippen molar-refractivity contribution in [3.05, 3.63) is 17.5 Å². The van der Waals surface area contributed by atoms with Crippen molar-refractivity contribution in [2.24, 2.45) is 4.99 Å². The monoisotopic (exact) mass is 348 g/mol. The van der Waals surface area contributed by atoms with E-state index in [1.807, 2.05) is 11.6 Å². The van der Waals surface area contributed by atoms with Gasteiger partial charge in [0.25, 0.3) is 0 Å². The minimum absolute atomic E-state index is 0.124. The molecular weight excluding hydrogens is 316 g/mol. The SMILES string of the molecule is CN=C(NCCCn1nc(C)cc1C)NCCC(=O)NC1CCCC1. The molecule has 25 heavy (non-hydrogen) atoms. The van der Waals surface area contributed by atoms with E-state index in [0.717, 1.165) is 44.0 Å². The lowest BCUT2D eigenvalue weighted by molar-refractivity contribution is -0.121. The molecule has 1 aliphatic rings. The molecule has 0 spiro atoms. The van der Waals surface area contributed by atoms with Gasteiger partial charge in [0.2, 0.25) is 5.91 Å². The van der Waals surface area contributed by atoms with E-state index in [4.69, 9.17) is 0 Å². The Labute approximate surface area is 150 Å². The number of amides is 1. The summed E-state index contributed by atoms with van der Waals surface area (Å²) in [5.74, 6) is 0.862. The Morgan fingerprint density at radius 2 is 2.00 bits per heavy atom. The number of nitrogens with zero attached hydrogens (tertiary/aromatic N) is 3. The van der Waals surface area contributed by atoms with Crippen LogP contribution < -0.4 is 16.0 Å². The van der Waals surface area contributed by atoms with Crippen molar-refractivity contribution in [1.29, 1.82) is 0 Å². The van der Waals surface area contributed by atoms with Crippen molar-refractivity contribution in [2.75, 3.05) is 20.1 Å². The molecule has 0 unspecified atom stereocenters. The third kappa shape index (κ3) is 6.76. The molecule has 1 aromatic heterocycles. The molecule has 3 N–H and O–H groups in total. The number of rotatable bonds is 8. The number of hydrogen-bond donors (Lipinski definition) is 3. The van der Waals surface area contributed by atoms with E-state index in [9.17, 15) is 4.79 Å². The van der Waals surface area contributed by atoms with Crippen molar-refractivity contribution in [2.45, 2.75) is 65.0 Å². The van der Waals surface area contributed by atoms with Gasteiger partial charge in [-0.25, -0.2) is 0 Å².